The second-order valence-corrected chi connectivity index (χ2v) is 5.37. The van der Waals surface area contributed by atoms with Crippen molar-refractivity contribution in [3.05, 3.63) is 0 Å². The Morgan fingerprint density at radius 1 is 1.31 bits per heavy atom. The lowest BCUT2D eigenvalue weighted by Gasteiger charge is -2.22. The fourth-order valence-electron chi connectivity index (χ4n) is 1.90. The second kappa shape index (κ2) is 6.72. The topological polar surface area (TPSA) is 20.2 Å². The molecule has 1 fully saturated rings. The Bertz CT molecular complexity index is 121. The zero-order chi connectivity index (χ0) is 9.52. The van der Waals surface area contributed by atoms with E-state index < -0.39 is 0 Å². The van der Waals surface area contributed by atoms with Crippen LogP contribution in [0.2, 0.25) is 0 Å². The zero-order valence-corrected chi connectivity index (χ0v) is 9.48. The van der Waals surface area contributed by atoms with Gasteiger partial charge in [0.25, 0.3) is 0 Å². The quantitative estimate of drug-likeness (QED) is 0.738. The van der Waals surface area contributed by atoms with Crippen LogP contribution in [0.1, 0.15) is 51.9 Å². The van der Waals surface area contributed by atoms with Gasteiger partial charge in [0.2, 0.25) is 0 Å². The van der Waals surface area contributed by atoms with Crippen LogP contribution in [-0.2, 0) is 0 Å². The van der Waals surface area contributed by atoms with Crippen LogP contribution < -0.4 is 0 Å². The van der Waals surface area contributed by atoms with Gasteiger partial charge in [0.05, 0.1) is 6.10 Å². The molecule has 1 aliphatic carbocycles. The third kappa shape index (κ3) is 4.92. The van der Waals surface area contributed by atoms with Crippen molar-refractivity contribution < 1.29 is 5.11 Å². The maximum atomic E-state index is 9.56. The first kappa shape index (κ1) is 11.4. The Hall–Kier alpha value is 0.310. The number of hydrogen-bond donors (Lipinski definition) is 1. The van der Waals surface area contributed by atoms with E-state index in [2.05, 4.69) is 6.92 Å². The van der Waals surface area contributed by atoms with Crippen molar-refractivity contribution in [2.24, 2.45) is 0 Å². The molecule has 78 valence electrons. The number of aliphatic hydroxyl groups is 1. The molecule has 1 nitrogen and oxygen atoms in total. The maximum absolute atomic E-state index is 9.56. The summed E-state index contributed by atoms with van der Waals surface area (Å²) >= 11 is 2.00. The minimum absolute atomic E-state index is 0.0584. The Labute approximate surface area is 86.3 Å². The molecule has 0 heterocycles. The van der Waals surface area contributed by atoms with Crippen LogP contribution in [0, 0.1) is 0 Å². The summed E-state index contributed by atoms with van der Waals surface area (Å²) < 4.78 is 0. The molecule has 1 unspecified atom stereocenters. The van der Waals surface area contributed by atoms with Gasteiger partial charge < -0.3 is 5.11 Å². The fraction of sp³-hybridized carbons (Fsp3) is 1.00. The first-order valence-corrected chi connectivity index (χ1v) is 6.67. The number of thioether (sulfide) groups is 1. The van der Waals surface area contributed by atoms with Gasteiger partial charge in [-0.1, -0.05) is 32.6 Å². The van der Waals surface area contributed by atoms with Crippen molar-refractivity contribution in [1.82, 2.24) is 0 Å². The summed E-state index contributed by atoms with van der Waals surface area (Å²) in [6, 6.07) is 0. The fourth-order valence-corrected chi connectivity index (χ4v) is 3.22. The summed E-state index contributed by atoms with van der Waals surface area (Å²) in [5.41, 5.74) is 0. The van der Waals surface area contributed by atoms with Crippen LogP contribution in [0.25, 0.3) is 0 Å². The van der Waals surface area contributed by atoms with E-state index in [4.69, 9.17) is 0 Å². The van der Waals surface area contributed by atoms with Crippen LogP contribution in [0.15, 0.2) is 0 Å². The lowest BCUT2D eigenvalue weighted by Crippen LogP contribution is -2.15. The van der Waals surface area contributed by atoms with Crippen LogP contribution >= 0.6 is 11.8 Å². The minimum Gasteiger partial charge on any atom is -0.392 e. The smallest absolute Gasteiger partial charge is 0.0630 e. The molecule has 1 N–H and O–H groups in total. The second-order valence-electron chi connectivity index (χ2n) is 4.04. The largest absolute Gasteiger partial charge is 0.392 e. The van der Waals surface area contributed by atoms with E-state index in [1.54, 1.807) is 0 Å². The summed E-state index contributed by atoms with van der Waals surface area (Å²) in [6.07, 6.45) is 9.01. The van der Waals surface area contributed by atoms with E-state index in [9.17, 15) is 5.11 Å². The van der Waals surface area contributed by atoms with Crippen LogP contribution in [0.4, 0.5) is 0 Å². The molecule has 1 aliphatic rings. The van der Waals surface area contributed by atoms with Gasteiger partial charge in [-0.3, -0.25) is 0 Å². The molecular formula is C11H22OS. The highest BCUT2D eigenvalue weighted by Crippen LogP contribution is 2.28. The Kier molecular flexibility index (Phi) is 5.88. The highest BCUT2D eigenvalue weighted by atomic mass is 32.2. The summed E-state index contributed by atoms with van der Waals surface area (Å²) in [5.74, 6) is 0.957. The van der Waals surface area contributed by atoms with Crippen molar-refractivity contribution in [3.63, 3.8) is 0 Å². The van der Waals surface area contributed by atoms with E-state index in [0.717, 1.165) is 23.8 Å². The molecule has 13 heavy (non-hydrogen) atoms. The predicted molar refractivity (Wildman–Crippen MR) is 60.2 cm³/mol. The van der Waals surface area contributed by atoms with Gasteiger partial charge in [0, 0.05) is 11.0 Å². The Morgan fingerprint density at radius 2 is 2.00 bits per heavy atom. The van der Waals surface area contributed by atoms with Gasteiger partial charge in [-0.2, -0.15) is 11.8 Å². The molecule has 0 bridgehead atoms. The van der Waals surface area contributed by atoms with Gasteiger partial charge in [-0.15, -0.1) is 0 Å². The summed E-state index contributed by atoms with van der Waals surface area (Å²) in [7, 11) is 0. The van der Waals surface area contributed by atoms with Gasteiger partial charge in [0.15, 0.2) is 0 Å². The summed E-state index contributed by atoms with van der Waals surface area (Å²) in [4.78, 5) is 0. The first-order valence-electron chi connectivity index (χ1n) is 5.62. The Balaban J connectivity index is 2.03. The van der Waals surface area contributed by atoms with Gasteiger partial charge in [-0.25, -0.2) is 0 Å². The van der Waals surface area contributed by atoms with Crippen molar-refractivity contribution in [2.45, 2.75) is 63.2 Å². The van der Waals surface area contributed by atoms with Crippen molar-refractivity contribution in [2.75, 3.05) is 5.75 Å². The van der Waals surface area contributed by atoms with Gasteiger partial charge >= 0.3 is 0 Å². The monoisotopic (exact) mass is 202 g/mol. The number of aliphatic hydroxyl groups excluding tert-OH is 1. The molecule has 0 aromatic rings. The first-order chi connectivity index (χ1) is 6.33. The Morgan fingerprint density at radius 3 is 2.62 bits per heavy atom. The number of hydrogen-bond acceptors (Lipinski definition) is 2. The molecule has 0 saturated heterocycles. The minimum atomic E-state index is -0.0584. The maximum Gasteiger partial charge on any atom is 0.0630 e. The van der Waals surface area contributed by atoms with E-state index >= 15 is 0 Å². The molecule has 2 heteroatoms. The molecule has 0 spiro atoms. The SMILES string of the molecule is CCCC(O)CSC1CCCCC1. The van der Waals surface area contributed by atoms with Gasteiger partial charge in [-0.05, 0) is 19.3 Å². The zero-order valence-electron chi connectivity index (χ0n) is 8.67. The van der Waals surface area contributed by atoms with Gasteiger partial charge in [0.1, 0.15) is 0 Å². The third-order valence-corrected chi connectivity index (χ3v) is 4.22. The molecule has 0 amide bonds. The molecule has 0 radical (unpaired) electrons. The lowest BCUT2D eigenvalue weighted by molar-refractivity contribution is 0.188. The van der Waals surface area contributed by atoms with Crippen molar-refractivity contribution in [3.8, 4) is 0 Å². The number of rotatable bonds is 5. The average molecular weight is 202 g/mol. The highest BCUT2D eigenvalue weighted by molar-refractivity contribution is 7.99. The molecule has 0 aliphatic heterocycles. The molecule has 1 atom stereocenters. The van der Waals surface area contributed by atoms with Crippen LogP contribution in [0.3, 0.4) is 0 Å². The van der Waals surface area contributed by atoms with Crippen LogP contribution in [-0.4, -0.2) is 22.2 Å². The van der Waals surface area contributed by atoms with E-state index in [-0.39, 0.29) is 6.10 Å². The lowest BCUT2D eigenvalue weighted by atomic mass is 10.0. The molecule has 1 rings (SSSR count). The van der Waals surface area contributed by atoms with E-state index in [1.807, 2.05) is 11.8 Å². The third-order valence-electron chi connectivity index (χ3n) is 2.70. The predicted octanol–water partition coefficient (Wildman–Crippen LogP) is 3.21. The molecule has 1 saturated carbocycles. The standard InChI is InChI=1S/C11H22OS/c1-2-6-10(12)9-13-11-7-4-3-5-8-11/h10-12H,2-9H2,1H3. The highest BCUT2D eigenvalue weighted by Gasteiger charge is 2.14. The average Bonchev–Trinajstić information content (AvgIpc) is 2.17. The van der Waals surface area contributed by atoms with Crippen molar-refractivity contribution in [1.29, 1.82) is 0 Å². The van der Waals surface area contributed by atoms with Crippen molar-refractivity contribution >= 4 is 11.8 Å². The summed E-state index contributed by atoms with van der Waals surface area (Å²) in [6.45, 7) is 2.13. The molecule has 0 aromatic heterocycles. The normalized spacial score (nSPS) is 21.7. The molecule has 0 aromatic carbocycles. The molecular weight excluding hydrogens is 180 g/mol. The van der Waals surface area contributed by atoms with Crippen LogP contribution in [0.5, 0.6) is 0 Å². The van der Waals surface area contributed by atoms with E-state index in [1.165, 1.54) is 32.1 Å². The summed E-state index contributed by atoms with van der Waals surface area (Å²) in [5, 5.41) is 10.4. The van der Waals surface area contributed by atoms with E-state index in [0.29, 0.717) is 0 Å².